The van der Waals surface area contributed by atoms with Crippen LogP contribution in [0.2, 0.25) is 0 Å². The Hall–Kier alpha value is -0.868. The molecule has 0 amide bonds. The number of hydrogen-bond acceptors (Lipinski definition) is 2. The van der Waals surface area contributed by atoms with Gasteiger partial charge in [-0.15, -0.1) is 0 Å². The van der Waals surface area contributed by atoms with E-state index in [4.69, 9.17) is 9.47 Å². The SMILES string of the molecule is CC(C)Oc1cccc(OC(C)C)c1-c1ccccc1P(C1CCCCC1)C1CCCCC1.[Pd]. The summed E-state index contributed by atoms with van der Waals surface area (Å²) in [6, 6.07) is 15.6. The minimum absolute atomic E-state index is 0. The Labute approximate surface area is 223 Å². The summed E-state index contributed by atoms with van der Waals surface area (Å²) in [5.74, 6) is 1.91. The molecule has 0 bridgehead atoms. The van der Waals surface area contributed by atoms with E-state index in [1.165, 1.54) is 69.8 Å². The third-order valence-corrected chi connectivity index (χ3v) is 10.7. The quantitative estimate of drug-likeness (QED) is 0.233. The van der Waals surface area contributed by atoms with Crippen LogP contribution in [0.3, 0.4) is 0 Å². The second-order valence-electron chi connectivity index (χ2n) is 10.5. The summed E-state index contributed by atoms with van der Waals surface area (Å²) in [7, 11) is -0.213. The van der Waals surface area contributed by atoms with Gasteiger partial charge in [-0.25, -0.2) is 0 Å². The predicted molar refractivity (Wildman–Crippen MR) is 144 cm³/mol. The molecular weight excluding hydrogens is 530 g/mol. The van der Waals surface area contributed by atoms with E-state index in [2.05, 4.69) is 70.2 Å². The Kier molecular flexibility index (Phi) is 11.0. The van der Waals surface area contributed by atoms with Gasteiger partial charge in [-0.05, 0) is 87.7 Å². The molecule has 0 aliphatic heterocycles. The molecule has 0 spiro atoms. The Morgan fingerprint density at radius 1 is 0.647 bits per heavy atom. The van der Waals surface area contributed by atoms with Crippen molar-refractivity contribution in [2.45, 2.75) is 115 Å². The van der Waals surface area contributed by atoms with Crippen molar-refractivity contribution in [2.24, 2.45) is 0 Å². The van der Waals surface area contributed by atoms with E-state index >= 15 is 0 Å². The Morgan fingerprint density at radius 2 is 1.12 bits per heavy atom. The fourth-order valence-electron chi connectivity index (χ4n) is 5.80. The van der Waals surface area contributed by atoms with Gasteiger partial charge in [-0.3, -0.25) is 0 Å². The van der Waals surface area contributed by atoms with Crippen LogP contribution in [0.4, 0.5) is 0 Å². The van der Waals surface area contributed by atoms with Gasteiger partial charge in [0.2, 0.25) is 0 Å². The first kappa shape index (κ1) is 27.7. The van der Waals surface area contributed by atoms with E-state index in [1.807, 2.05) is 0 Å². The van der Waals surface area contributed by atoms with Crippen LogP contribution in [-0.4, -0.2) is 23.5 Å². The molecule has 4 heteroatoms. The van der Waals surface area contributed by atoms with Gasteiger partial charge < -0.3 is 9.47 Å². The maximum atomic E-state index is 6.37. The van der Waals surface area contributed by atoms with Gasteiger partial charge in [0.15, 0.2) is 0 Å². The normalized spacial score (nSPS) is 17.7. The second-order valence-corrected chi connectivity index (χ2v) is 13.2. The fourth-order valence-corrected chi connectivity index (χ4v) is 9.75. The van der Waals surface area contributed by atoms with Crippen molar-refractivity contribution in [1.82, 2.24) is 0 Å². The van der Waals surface area contributed by atoms with Crippen LogP contribution < -0.4 is 14.8 Å². The molecule has 0 aromatic heterocycles. The van der Waals surface area contributed by atoms with E-state index in [0.717, 1.165) is 28.4 Å². The molecule has 2 nitrogen and oxygen atoms in total. The van der Waals surface area contributed by atoms with Gasteiger partial charge in [0, 0.05) is 20.4 Å². The standard InChI is InChI=1S/C30H43O2P.Pd/c1-22(2)31-27-19-13-20-28(32-23(3)4)30(27)26-18-11-12-21-29(26)33(24-14-7-5-8-15-24)25-16-9-6-10-17-25;/h11-13,18-25H,5-10,14-17H2,1-4H3;. The van der Waals surface area contributed by atoms with Crippen molar-refractivity contribution < 1.29 is 29.9 Å². The molecule has 2 fully saturated rings. The van der Waals surface area contributed by atoms with Crippen LogP contribution in [0.25, 0.3) is 11.1 Å². The zero-order valence-electron chi connectivity index (χ0n) is 21.5. The summed E-state index contributed by atoms with van der Waals surface area (Å²) < 4.78 is 12.7. The summed E-state index contributed by atoms with van der Waals surface area (Å²) in [5.41, 5.74) is 4.25. The smallest absolute Gasteiger partial charge is 0.131 e. The summed E-state index contributed by atoms with van der Waals surface area (Å²) in [4.78, 5) is 0. The largest absolute Gasteiger partial charge is 0.490 e. The third-order valence-electron chi connectivity index (χ3n) is 7.10. The summed E-state index contributed by atoms with van der Waals surface area (Å²) in [5, 5.41) is 1.60. The number of benzene rings is 2. The number of rotatable bonds is 8. The molecule has 2 aliphatic carbocycles. The minimum atomic E-state index is -0.213. The number of ether oxygens (including phenoxy) is 2. The van der Waals surface area contributed by atoms with Gasteiger partial charge in [0.25, 0.3) is 0 Å². The van der Waals surface area contributed by atoms with Crippen LogP contribution in [0.5, 0.6) is 11.5 Å². The van der Waals surface area contributed by atoms with Crippen molar-refractivity contribution in [1.29, 1.82) is 0 Å². The maximum Gasteiger partial charge on any atom is 0.131 e. The van der Waals surface area contributed by atoms with E-state index in [0.29, 0.717) is 0 Å². The van der Waals surface area contributed by atoms with Crippen LogP contribution in [0.15, 0.2) is 42.5 Å². The Bertz CT molecular complexity index is 839. The zero-order chi connectivity index (χ0) is 23.2. The summed E-state index contributed by atoms with van der Waals surface area (Å²) in [6.45, 7) is 8.45. The van der Waals surface area contributed by atoms with Crippen molar-refractivity contribution >= 4 is 13.2 Å². The molecule has 2 saturated carbocycles. The number of hydrogen-bond donors (Lipinski definition) is 0. The summed E-state index contributed by atoms with van der Waals surface area (Å²) >= 11 is 0. The Morgan fingerprint density at radius 3 is 1.59 bits per heavy atom. The van der Waals surface area contributed by atoms with Gasteiger partial charge in [-0.2, -0.15) is 0 Å². The van der Waals surface area contributed by atoms with Crippen molar-refractivity contribution in [3.63, 3.8) is 0 Å². The van der Waals surface area contributed by atoms with Crippen LogP contribution >= 0.6 is 7.92 Å². The first-order valence-electron chi connectivity index (χ1n) is 13.4. The molecule has 0 saturated heterocycles. The molecule has 4 rings (SSSR count). The molecule has 2 aromatic rings. The Balaban J connectivity index is 0.00000324. The first-order valence-corrected chi connectivity index (χ1v) is 14.9. The van der Waals surface area contributed by atoms with Crippen LogP contribution in [0, 0.1) is 0 Å². The van der Waals surface area contributed by atoms with Crippen LogP contribution in [0.1, 0.15) is 91.9 Å². The molecule has 0 N–H and O–H groups in total. The van der Waals surface area contributed by atoms with Crippen molar-refractivity contribution in [2.75, 3.05) is 0 Å². The van der Waals surface area contributed by atoms with E-state index < -0.39 is 0 Å². The first-order chi connectivity index (χ1) is 16.0. The second kappa shape index (κ2) is 13.4. The molecule has 0 heterocycles. The molecule has 0 atom stereocenters. The van der Waals surface area contributed by atoms with Gasteiger partial charge >= 0.3 is 0 Å². The van der Waals surface area contributed by atoms with E-state index in [1.54, 1.807) is 5.30 Å². The zero-order valence-corrected chi connectivity index (χ0v) is 24.0. The van der Waals surface area contributed by atoms with Crippen LogP contribution in [-0.2, 0) is 20.4 Å². The predicted octanol–water partition coefficient (Wildman–Crippen LogP) is 8.70. The molecule has 34 heavy (non-hydrogen) atoms. The average Bonchev–Trinajstić information content (AvgIpc) is 2.81. The van der Waals surface area contributed by atoms with Crippen molar-refractivity contribution in [3.8, 4) is 22.6 Å². The fraction of sp³-hybridized carbons (Fsp3) is 0.600. The van der Waals surface area contributed by atoms with Gasteiger partial charge in [0.05, 0.1) is 17.8 Å². The molecule has 0 unspecified atom stereocenters. The third kappa shape index (κ3) is 6.87. The molecule has 0 radical (unpaired) electrons. The molecule has 2 aliphatic rings. The minimum Gasteiger partial charge on any atom is -0.490 e. The molecular formula is C30H43O2PPd. The van der Waals surface area contributed by atoms with Crippen molar-refractivity contribution in [3.05, 3.63) is 42.5 Å². The topological polar surface area (TPSA) is 18.5 Å². The van der Waals surface area contributed by atoms with Gasteiger partial charge in [-0.1, -0.05) is 76.8 Å². The average molecular weight is 573 g/mol. The van der Waals surface area contributed by atoms with E-state index in [9.17, 15) is 0 Å². The van der Waals surface area contributed by atoms with E-state index in [-0.39, 0.29) is 40.6 Å². The monoisotopic (exact) mass is 572 g/mol. The maximum absolute atomic E-state index is 6.37. The molecule has 190 valence electrons. The summed E-state index contributed by atoms with van der Waals surface area (Å²) in [6.07, 6.45) is 14.4. The van der Waals surface area contributed by atoms with Gasteiger partial charge in [0.1, 0.15) is 11.5 Å². The molecule has 2 aromatic carbocycles.